The van der Waals surface area contributed by atoms with Crippen molar-refractivity contribution >= 4 is 5.91 Å². The Bertz CT molecular complexity index is 290. The molecular formula is C15H28N2O2. The van der Waals surface area contributed by atoms with E-state index in [2.05, 4.69) is 24.1 Å². The Morgan fingerprint density at radius 2 is 2.32 bits per heavy atom. The third-order valence-corrected chi connectivity index (χ3v) is 4.44. The third kappa shape index (κ3) is 3.93. The van der Waals surface area contributed by atoms with E-state index < -0.39 is 0 Å². The zero-order valence-corrected chi connectivity index (χ0v) is 12.4. The van der Waals surface area contributed by atoms with E-state index in [-0.39, 0.29) is 6.04 Å². The van der Waals surface area contributed by atoms with Crippen molar-refractivity contribution < 1.29 is 9.53 Å². The lowest BCUT2D eigenvalue weighted by Gasteiger charge is -2.41. The van der Waals surface area contributed by atoms with Crippen LogP contribution in [0.2, 0.25) is 0 Å². The number of nitrogens with zero attached hydrogens (tertiary/aromatic N) is 1. The number of amides is 1. The zero-order valence-electron chi connectivity index (χ0n) is 12.4. The lowest BCUT2D eigenvalue weighted by atomic mass is 9.87. The van der Waals surface area contributed by atoms with Gasteiger partial charge in [-0.25, -0.2) is 0 Å². The summed E-state index contributed by atoms with van der Waals surface area (Å²) in [6, 6.07) is 0.663. The van der Waals surface area contributed by atoms with Gasteiger partial charge in [-0.1, -0.05) is 20.3 Å². The van der Waals surface area contributed by atoms with E-state index in [9.17, 15) is 4.79 Å². The number of carbonyl (C=O) groups excluding carboxylic acids is 1. The highest BCUT2D eigenvalue weighted by atomic mass is 16.5. The highest BCUT2D eigenvalue weighted by Crippen LogP contribution is 2.27. The van der Waals surface area contributed by atoms with Gasteiger partial charge in [0.1, 0.15) is 0 Å². The van der Waals surface area contributed by atoms with Gasteiger partial charge in [0.05, 0.1) is 13.2 Å². The molecule has 0 aromatic heterocycles. The molecule has 0 aliphatic carbocycles. The summed E-state index contributed by atoms with van der Waals surface area (Å²) in [4.78, 5) is 14.7. The molecule has 2 fully saturated rings. The summed E-state index contributed by atoms with van der Waals surface area (Å²) < 4.78 is 5.43. The Morgan fingerprint density at radius 1 is 1.47 bits per heavy atom. The molecule has 2 aliphatic rings. The molecule has 0 radical (unpaired) electrons. The molecule has 1 amide bonds. The molecule has 0 spiro atoms. The van der Waals surface area contributed by atoms with Crippen molar-refractivity contribution in [3.05, 3.63) is 0 Å². The van der Waals surface area contributed by atoms with Crippen LogP contribution in [0.15, 0.2) is 0 Å². The average Bonchev–Trinajstić information content (AvgIpc) is 2.42. The summed E-state index contributed by atoms with van der Waals surface area (Å²) in [7, 11) is 0. The number of morpholine rings is 1. The number of ether oxygens (including phenoxy) is 1. The predicted molar refractivity (Wildman–Crippen MR) is 76.0 cm³/mol. The lowest BCUT2D eigenvalue weighted by molar-refractivity contribution is -0.137. The molecule has 4 heteroatoms. The standard InChI is InChI=1S/C15H28N2O2/c1-3-5-14-12(2)6-4-8-17(14)15(18)10-13-11-19-9-7-16-13/h12-14,16H,3-11H2,1-2H3. The number of hydrogen-bond donors (Lipinski definition) is 1. The number of nitrogens with one attached hydrogen (secondary N) is 1. The molecule has 0 bridgehead atoms. The van der Waals surface area contributed by atoms with Crippen LogP contribution in [0.3, 0.4) is 0 Å². The first-order chi connectivity index (χ1) is 9.22. The van der Waals surface area contributed by atoms with Gasteiger partial charge >= 0.3 is 0 Å². The van der Waals surface area contributed by atoms with Crippen LogP contribution in [0.5, 0.6) is 0 Å². The highest BCUT2D eigenvalue weighted by molar-refractivity contribution is 5.77. The van der Waals surface area contributed by atoms with Gasteiger partial charge in [-0.15, -0.1) is 0 Å². The molecule has 1 N–H and O–H groups in total. The minimum atomic E-state index is 0.209. The number of carbonyl (C=O) groups is 1. The fourth-order valence-electron chi connectivity index (χ4n) is 3.37. The van der Waals surface area contributed by atoms with Crippen LogP contribution in [-0.4, -0.2) is 49.2 Å². The van der Waals surface area contributed by atoms with Crippen molar-refractivity contribution in [1.82, 2.24) is 10.2 Å². The van der Waals surface area contributed by atoms with Gasteiger partial charge in [-0.3, -0.25) is 4.79 Å². The maximum Gasteiger partial charge on any atom is 0.224 e. The van der Waals surface area contributed by atoms with E-state index in [0.29, 0.717) is 30.9 Å². The summed E-state index contributed by atoms with van der Waals surface area (Å²) in [6.07, 6.45) is 5.30. The summed E-state index contributed by atoms with van der Waals surface area (Å²) in [5, 5.41) is 3.37. The Labute approximate surface area is 116 Å². The van der Waals surface area contributed by atoms with Crippen LogP contribution in [-0.2, 0) is 9.53 Å². The van der Waals surface area contributed by atoms with E-state index in [1.807, 2.05) is 0 Å². The lowest BCUT2D eigenvalue weighted by Crippen LogP contribution is -2.51. The molecule has 0 aromatic carbocycles. The number of likely N-dealkylation sites (tertiary alicyclic amines) is 1. The maximum absolute atomic E-state index is 12.5. The van der Waals surface area contributed by atoms with Gasteiger partial charge in [-0.05, 0) is 25.2 Å². The van der Waals surface area contributed by atoms with E-state index in [1.165, 1.54) is 6.42 Å². The Morgan fingerprint density at radius 3 is 3.00 bits per heavy atom. The van der Waals surface area contributed by atoms with Gasteiger partial charge in [0.15, 0.2) is 0 Å². The van der Waals surface area contributed by atoms with Crippen molar-refractivity contribution in [3.63, 3.8) is 0 Å². The first kappa shape index (κ1) is 14.8. The SMILES string of the molecule is CCCC1C(C)CCCN1C(=O)CC1COCCN1. The quantitative estimate of drug-likeness (QED) is 0.845. The molecular weight excluding hydrogens is 240 g/mol. The summed E-state index contributed by atoms with van der Waals surface area (Å²) >= 11 is 0. The minimum absolute atomic E-state index is 0.209. The van der Waals surface area contributed by atoms with Crippen molar-refractivity contribution in [2.45, 2.75) is 58.0 Å². The van der Waals surface area contributed by atoms with Crippen LogP contribution in [0.4, 0.5) is 0 Å². The van der Waals surface area contributed by atoms with Crippen molar-refractivity contribution in [2.24, 2.45) is 5.92 Å². The Hall–Kier alpha value is -0.610. The normalized spacial score (nSPS) is 32.3. The fraction of sp³-hybridized carbons (Fsp3) is 0.933. The molecule has 0 saturated carbocycles. The topological polar surface area (TPSA) is 41.6 Å². The molecule has 0 aromatic rings. The summed E-state index contributed by atoms with van der Waals surface area (Å²) in [6.45, 7) is 7.76. The zero-order chi connectivity index (χ0) is 13.7. The first-order valence-electron chi connectivity index (χ1n) is 7.83. The molecule has 2 heterocycles. The van der Waals surface area contributed by atoms with Gasteiger partial charge in [-0.2, -0.15) is 0 Å². The number of rotatable bonds is 4. The molecule has 3 atom stereocenters. The van der Waals surface area contributed by atoms with Gasteiger partial charge < -0.3 is 15.0 Å². The number of piperidine rings is 1. The molecule has 2 rings (SSSR count). The van der Waals surface area contributed by atoms with Gasteiger partial charge in [0.25, 0.3) is 0 Å². The monoisotopic (exact) mass is 268 g/mol. The van der Waals surface area contributed by atoms with Crippen molar-refractivity contribution in [3.8, 4) is 0 Å². The van der Waals surface area contributed by atoms with Crippen LogP contribution in [0, 0.1) is 5.92 Å². The molecule has 19 heavy (non-hydrogen) atoms. The highest BCUT2D eigenvalue weighted by Gasteiger charge is 2.32. The minimum Gasteiger partial charge on any atom is -0.378 e. The second-order valence-corrected chi connectivity index (χ2v) is 5.99. The third-order valence-electron chi connectivity index (χ3n) is 4.44. The molecule has 110 valence electrons. The smallest absolute Gasteiger partial charge is 0.224 e. The second-order valence-electron chi connectivity index (χ2n) is 5.99. The van der Waals surface area contributed by atoms with E-state index >= 15 is 0 Å². The predicted octanol–water partition coefficient (Wildman–Crippen LogP) is 1.79. The van der Waals surface area contributed by atoms with Crippen LogP contribution >= 0.6 is 0 Å². The average molecular weight is 268 g/mol. The maximum atomic E-state index is 12.5. The van der Waals surface area contributed by atoms with Crippen LogP contribution < -0.4 is 5.32 Å². The van der Waals surface area contributed by atoms with Crippen LogP contribution in [0.1, 0.15) is 46.0 Å². The molecule has 2 saturated heterocycles. The van der Waals surface area contributed by atoms with Crippen molar-refractivity contribution in [2.75, 3.05) is 26.3 Å². The second kappa shape index (κ2) is 7.25. The summed E-state index contributed by atoms with van der Waals surface area (Å²) in [5.41, 5.74) is 0. The van der Waals surface area contributed by atoms with E-state index in [1.54, 1.807) is 0 Å². The largest absolute Gasteiger partial charge is 0.378 e. The Kier molecular flexibility index (Phi) is 5.64. The van der Waals surface area contributed by atoms with E-state index in [4.69, 9.17) is 4.74 Å². The first-order valence-corrected chi connectivity index (χ1v) is 7.83. The van der Waals surface area contributed by atoms with Gasteiger partial charge in [0.2, 0.25) is 5.91 Å². The van der Waals surface area contributed by atoms with Crippen LogP contribution in [0.25, 0.3) is 0 Å². The van der Waals surface area contributed by atoms with Crippen molar-refractivity contribution in [1.29, 1.82) is 0 Å². The Balaban J connectivity index is 1.91. The summed E-state index contributed by atoms with van der Waals surface area (Å²) in [5.74, 6) is 0.959. The van der Waals surface area contributed by atoms with Gasteiger partial charge in [0, 0.05) is 31.6 Å². The van der Waals surface area contributed by atoms with E-state index in [0.717, 1.165) is 39.0 Å². The molecule has 2 aliphatic heterocycles. The molecule has 3 unspecified atom stereocenters. The fourth-order valence-corrected chi connectivity index (χ4v) is 3.37. The number of hydrogen-bond acceptors (Lipinski definition) is 3. The molecule has 4 nitrogen and oxygen atoms in total.